The van der Waals surface area contributed by atoms with Gasteiger partial charge in [0.2, 0.25) is 0 Å². The van der Waals surface area contributed by atoms with E-state index < -0.39 is 0 Å². The van der Waals surface area contributed by atoms with Gasteiger partial charge in [-0.2, -0.15) is 0 Å². The largest absolute Gasteiger partial charge is 0.431 e. The quantitative estimate of drug-likeness (QED) is 0.571. The summed E-state index contributed by atoms with van der Waals surface area (Å²) in [5.74, 6) is 0. The highest BCUT2D eigenvalue weighted by Gasteiger charge is 2.23. The van der Waals surface area contributed by atoms with Crippen LogP contribution in [0.25, 0.3) is 4.95 Å². The minimum atomic E-state index is 0.428. The lowest BCUT2D eigenvalue weighted by Gasteiger charge is -2.12. The van der Waals surface area contributed by atoms with Crippen molar-refractivity contribution >= 4 is 0 Å². The van der Waals surface area contributed by atoms with Crippen molar-refractivity contribution in [2.75, 3.05) is 7.05 Å². The molecule has 1 aliphatic heterocycles. The van der Waals surface area contributed by atoms with Crippen LogP contribution in [-0.2, 0) is 0 Å². The highest BCUT2D eigenvalue weighted by molar-refractivity contribution is 4.86. The molecule has 1 unspecified atom stereocenters. The van der Waals surface area contributed by atoms with Gasteiger partial charge in [-0.1, -0.05) is 6.92 Å². The van der Waals surface area contributed by atoms with E-state index in [0.717, 1.165) is 6.42 Å². The van der Waals surface area contributed by atoms with Gasteiger partial charge in [-0.25, -0.2) is 0 Å². The van der Waals surface area contributed by atoms with Gasteiger partial charge >= 0.3 is 6.19 Å². The van der Waals surface area contributed by atoms with Crippen molar-refractivity contribution in [2.24, 2.45) is 0 Å². The lowest BCUT2D eigenvalue weighted by Crippen LogP contribution is -2.42. The number of hydrogen-bond acceptors (Lipinski definition) is 3. The van der Waals surface area contributed by atoms with E-state index in [1.54, 1.807) is 10.1 Å². The zero-order chi connectivity index (χ0) is 7.56. The molecule has 4 heteroatoms. The minimum Gasteiger partial charge on any atom is -0.109 e. The molecule has 0 aliphatic carbocycles. The molecule has 0 aromatic rings. The van der Waals surface area contributed by atoms with Crippen LogP contribution in [0, 0.1) is 6.19 Å². The number of nitrogens with one attached hydrogen (secondary N) is 1. The van der Waals surface area contributed by atoms with Crippen molar-refractivity contribution in [2.45, 2.75) is 26.3 Å². The molecule has 0 radical (unpaired) electrons. The summed E-state index contributed by atoms with van der Waals surface area (Å²) in [6.07, 6.45) is 3.83. The van der Waals surface area contributed by atoms with Gasteiger partial charge in [0.15, 0.2) is 0 Å². The summed E-state index contributed by atoms with van der Waals surface area (Å²) in [4.78, 5) is 3.99. The van der Waals surface area contributed by atoms with Crippen LogP contribution in [-0.4, -0.2) is 23.2 Å². The average molecular weight is 141 g/mol. The van der Waals surface area contributed by atoms with Crippen molar-refractivity contribution in [3.05, 3.63) is 4.95 Å². The maximum absolute atomic E-state index is 3.99. The van der Waals surface area contributed by atoms with Crippen LogP contribution in [0.4, 0.5) is 0 Å². The van der Waals surface area contributed by atoms with Gasteiger partial charge in [0, 0.05) is 0 Å². The van der Waals surface area contributed by atoms with Gasteiger partial charge in [0.1, 0.15) is 7.05 Å². The molecule has 0 aromatic carbocycles. The molecule has 0 amide bonds. The van der Waals surface area contributed by atoms with Crippen molar-refractivity contribution in [1.29, 1.82) is 0 Å². The fraction of sp³-hybridized carbons (Fsp3) is 0.833. The second-order valence-corrected chi connectivity index (χ2v) is 2.46. The van der Waals surface area contributed by atoms with Crippen LogP contribution < -0.4 is 5.53 Å². The first-order valence-corrected chi connectivity index (χ1v) is 3.49. The normalized spacial score (nSPS) is 18.7. The summed E-state index contributed by atoms with van der Waals surface area (Å²) < 4.78 is 0. The fourth-order valence-corrected chi connectivity index (χ4v) is 0.684. The number of rotatable bonds is 2. The third-order valence-corrected chi connectivity index (χ3v) is 1.56. The summed E-state index contributed by atoms with van der Waals surface area (Å²) in [5.41, 5.74) is 2.99. The van der Waals surface area contributed by atoms with E-state index in [0.29, 0.717) is 6.04 Å². The van der Waals surface area contributed by atoms with E-state index in [1.807, 2.05) is 7.05 Å². The summed E-state index contributed by atoms with van der Waals surface area (Å²) in [6, 6.07) is 0.428. The van der Waals surface area contributed by atoms with E-state index in [4.69, 9.17) is 0 Å². The van der Waals surface area contributed by atoms with Crippen molar-refractivity contribution < 1.29 is 0 Å². The number of nitrogens with zero attached hydrogens (tertiary/aromatic N) is 3. The first kappa shape index (κ1) is 7.16. The summed E-state index contributed by atoms with van der Waals surface area (Å²) in [6.45, 7) is 4.23. The summed E-state index contributed by atoms with van der Waals surface area (Å²) in [7, 11) is 1.87. The molecule has 0 saturated carbocycles. The molecule has 1 heterocycles. The molecule has 0 saturated heterocycles. The Kier molecular flexibility index (Phi) is 1.97. The SMILES string of the molecule is CCC(C)N1[N+]#CN(C)N1. The molecule has 1 aliphatic rings. The van der Waals surface area contributed by atoms with Crippen LogP contribution in [0.3, 0.4) is 0 Å². The fourth-order valence-electron chi connectivity index (χ4n) is 0.684. The Morgan fingerprint density at radius 1 is 1.70 bits per heavy atom. The molecule has 1 atom stereocenters. The summed E-state index contributed by atoms with van der Waals surface area (Å²) in [5, 5.41) is 3.49. The zero-order valence-electron chi connectivity index (χ0n) is 6.63. The van der Waals surface area contributed by atoms with Gasteiger partial charge in [0.05, 0.1) is 6.04 Å². The number of hydrogen-bond donors (Lipinski definition) is 1. The Hall–Kier alpha value is -0.950. The molecule has 0 aromatic heterocycles. The molecular weight excluding hydrogens is 128 g/mol. The molecule has 56 valence electrons. The highest BCUT2D eigenvalue weighted by Crippen LogP contribution is 2.03. The van der Waals surface area contributed by atoms with E-state index in [1.165, 1.54) is 0 Å². The Balaban J connectivity index is 2.41. The molecule has 0 spiro atoms. The van der Waals surface area contributed by atoms with E-state index in [9.17, 15) is 0 Å². The Morgan fingerprint density at radius 2 is 2.40 bits per heavy atom. The predicted molar refractivity (Wildman–Crippen MR) is 39.7 cm³/mol. The first-order chi connectivity index (χ1) is 4.74. The smallest absolute Gasteiger partial charge is 0.109 e. The van der Waals surface area contributed by atoms with Crippen LogP contribution in [0.1, 0.15) is 20.3 Å². The molecule has 0 fully saturated rings. The average Bonchev–Trinajstić information content (AvgIpc) is 2.34. The Morgan fingerprint density at radius 3 is 2.80 bits per heavy atom. The zero-order valence-corrected chi connectivity index (χ0v) is 6.63. The maximum atomic E-state index is 3.99. The van der Waals surface area contributed by atoms with Gasteiger partial charge in [0.25, 0.3) is 0 Å². The second-order valence-electron chi connectivity index (χ2n) is 2.46. The topological polar surface area (TPSA) is 22.9 Å². The van der Waals surface area contributed by atoms with Crippen LogP contribution in [0.5, 0.6) is 0 Å². The van der Waals surface area contributed by atoms with Crippen molar-refractivity contribution in [3.63, 3.8) is 0 Å². The van der Waals surface area contributed by atoms with Gasteiger partial charge in [-0.15, -0.1) is 5.01 Å². The van der Waals surface area contributed by atoms with Crippen molar-refractivity contribution in [1.82, 2.24) is 15.7 Å². The van der Waals surface area contributed by atoms with Crippen LogP contribution in [0.2, 0.25) is 0 Å². The lowest BCUT2D eigenvalue weighted by atomic mass is 10.3. The minimum absolute atomic E-state index is 0.428. The monoisotopic (exact) mass is 141 g/mol. The van der Waals surface area contributed by atoms with E-state index >= 15 is 0 Å². The van der Waals surface area contributed by atoms with Crippen LogP contribution >= 0.6 is 0 Å². The molecule has 4 nitrogen and oxygen atoms in total. The van der Waals surface area contributed by atoms with Gasteiger partial charge in [-0.3, -0.25) is 0 Å². The molecule has 0 bridgehead atoms. The third kappa shape index (κ3) is 1.31. The highest BCUT2D eigenvalue weighted by atomic mass is 15.9. The van der Waals surface area contributed by atoms with Crippen LogP contribution in [0.15, 0.2) is 0 Å². The molecular formula is C6H13N4+. The standard InChI is InChI=1S/C6H13N4/c1-4-6(2)10-7-5-9(3)8-10/h6,8H,4H2,1-3H3/q+1. The molecule has 1 rings (SSSR count). The first-order valence-electron chi connectivity index (χ1n) is 3.49. The lowest BCUT2D eigenvalue weighted by molar-refractivity contribution is 0.117. The van der Waals surface area contributed by atoms with Gasteiger partial charge in [-0.05, 0) is 29.0 Å². The molecule has 10 heavy (non-hydrogen) atoms. The van der Waals surface area contributed by atoms with Gasteiger partial charge < -0.3 is 0 Å². The Labute approximate surface area is 61.1 Å². The maximum Gasteiger partial charge on any atom is 0.431 e. The van der Waals surface area contributed by atoms with Crippen molar-refractivity contribution in [3.8, 4) is 6.19 Å². The second kappa shape index (κ2) is 2.76. The third-order valence-electron chi connectivity index (χ3n) is 1.56. The summed E-state index contributed by atoms with van der Waals surface area (Å²) >= 11 is 0. The van der Waals surface area contributed by atoms with E-state index in [2.05, 4.69) is 30.5 Å². The van der Waals surface area contributed by atoms with E-state index in [-0.39, 0.29) is 0 Å². The Bertz CT molecular complexity index is 168. The predicted octanol–water partition coefficient (Wildman–Crippen LogP) is 0.657. The molecule has 1 N–H and O–H groups in total. The number of hydrazine groups is 2.